The molecule has 0 unspecified atom stereocenters. The van der Waals surface area contributed by atoms with Gasteiger partial charge in [0.15, 0.2) is 0 Å². The van der Waals surface area contributed by atoms with Crippen molar-refractivity contribution in [2.45, 2.75) is 5.54 Å². The summed E-state index contributed by atoms with van der Waals surface area (Å²) in [6.45, 7) is 0.917. The third kappa shape index (κ3) is 1.81. The SMILES string of the molecule is COc1c(Cl)cc(Cl)cc1C1(N)COC1. The Morgan fingerprint density at radius 2 is 2.07 bits per heavy atom. The number of hydrogen-bond acceptors (Lipinski definition) is 3. The number of benzene rings is 1. The molecule has 0 aliphatic carbocycles. The van der Waals surface area contributed by atoms with E-state index in [0.717, 1.165) is 5.56 Å². The van der Waals surface area contributed by atoms with Gasteiger partial charge in [0.05, 0.1) is 30.9 Å². The molecule has 3 nitrogen and oxygen atoms in total. The van der Waals surface area contributed by atoms with Gasteiger partial charge in [-0.3, -0.25) is 0 Å². The molecule has 1 aromatic rings. The number of rotatable bonds is 2. The predicted molar refractivity (Wildman–Crippen MR) is 59.7 cm³/mol. The van der Waals surface area contributed by atoms with E-state index < -0.39 is 5.54 Å². The molecular weight excluding hydrogens is 237 g/mol. The monoisotopic (exact) mass is 247 g/mol. The Labute approximate surface area is 98.1 Å². The van der Waals surface area contributed by atoms with Crippen molar-refractivity contribution in [3.63, 3.8) is 0 Å². The van der Waals surface area contributed by atoms with Crippen LogP contribution in [0.2, 0.25) is 10.0 Å². The summed E-state index contributed by atoms with van der Waals surface area (Å²) in [5, 5.41) is 1.02. The molecule has 1 fully saturated rings. The molecule has 0 amide bonds. The van der Waals surface area contributed by atoms with Crippen molar-refractivity contribution in [1.29, 1.82) is 0 Å². The maximum absolute atomic E-state index is 6.12. The summed E-state index contributed by atoms with van der Waals surface area (Å²) in [7, 11) is 1.56. The average Bonchev–Trinajstić information content (AvgIpc) is 2.13. The van der Waals surface area contributed by atoms with Crippen LogP contribution >= 0.6 is 23.2 Å². The molecule has 0 saturated carbocycles. The Kier molecular flexibility index (Phi) is 2.81. The van der Waals surface area contributed by atoms with Gasteiger partial charge in [-0.15, -0.1) is 0 Å². The Morgan fingerprint density at radius 3 is 2.53 bits per heavy atom. The fourth-order valence-electron chi connectivity index (χ4n) is 1.62. The molecule has 0 atom stereocenters. The van der Waals surface area contributed by atoms with Gasteiger partial charge in [0.1, 0.15) is 5.75 Å². The van der Waals surface area contributed by atoms with E-state index in [-0.39, 0.29) is 0 Å². The van der Waals surface area contributed by atoms with E-state index in [1.54, 1.807) is 19.2 Å². The van der Waals surface area contributed by atoms with Crippen LogP contribution in [-0.4, -0.2) is 20.3 Å². The number of ether oxygens (including phenoxy) is 2. The molecule has 5 heteroatoms. The second-order valence-corrected chi connectivity index (χ2v) is 4.46. The van der Waals surface area contributed by atoms with Crippen LogP contribution in [0.25, 0.3) is 0 Å². The van der Waals surface area contributed by atoms with Crippen LogP contribution in [0.3, 0.4) is 0 Å². The minimum absolute atomic E-state index is 0.458. The minimum Gasteiger partial charge on any atom is -0.495 e. The van der Waals surface area contributed by atoms with Crippen molar-refractivity contribution in [1.82, 2.24) is 0 Å². The topological polar surface area (TPSA) is 44.5 Å². The Morgan fingerprint density at radius 1 is 1.40 bits per heavy atom. The lowest BCUT2D eigenvalue weighted by Gasteiger charge is -2.39. The Bertz CT molecular complexity index is 391. The molecule has 1 aliphatic rings. The zero-order valence-electron chi connectivity index (χ0n) is 8.22. The molecule has 0 aromatic heterocycles. The summed E-state index contributed by atoms with van der Waals surface area (Å²) in [4.78, 5) is 0. The second kappa shape index (κ2) is 3.83. The summed E-state index contributed by atoms with van der Waals surface area (Å²) >= 11 is 11.9. The highest BCUT2D eigenvalue weighted by atomic mass is 35.5. The largest absolute Gasteiger partial charge is 0.495 e. The van der Waals surface area contributed by atoms with E-state index in [2.05, 4.69) is 0 Å². The molecule has 0 bridgehead atoms. The van der Waals surface area contributed by atoms with Crippen LogP contribution in [-0.2, 0) is 10.3 Å². The van der Waals surface area contributed by atoms with E-state index in [0.29, 0.717) is 29.0 Å². The Hall–Kier alpha value is -0.480. The highest BCUT2D eigenvalue weighted by molar-refractivity contribution is 6.35. The maximum Gasteiger partial charge on any atom is 0.142 e. The molecule has 82 valence electrons. The van der Waals surface area contributed by atoms with Gasteiger partial charge in [0.2, 0.25) is 0 Å². The molecule has 2 N–H and O–H groups in total. The van der Waals surface area contributed by atoms with Gasteiger partial charge in [-0.25, -0.2) is 0 Å². The highest BCUT2D eigenvalue weighted by Gasteiger charge is 2.39. The first-order valence-corrected chi connectivity index (χ1v) is 5.22. The molecule has 1 saturated heterocycles. The fraction of sp³-hybridized carbons (Fsp3) is 0.400. The first-order valence-electron chi connectivity index (χ1n) is 4.47. The maximum atomic E-state index is 6.12. The van der Waals surface area contributed by atoms with Crippen molar-refractivity contribution in [2.75, 3.05) is 20.3 Å². The highest BCUT2D eigenvalue weighted by Crippen LogP contribution is 2.40. The van der Waals surface area contributed by atoms with Crippen LogP contribution in [0.5, 0.6) is 5.75 Å². The molecule has 1 heterocycles. The van der Waals surface area contributed by atoms with Crippen LogP contribution < -0.4 is 10.5 Å². The van der Waals surface area contributed by atoms with E-state index in [1.165, 1.54) is 0 Å². The van der Waals surface area contributed by atoms with E-state index in [1.807, 2.05) is 0 Å². The normalized spacial score (nSPS) is 18.4. The quantitative estimate of drug-likeness (QED) is 0.872. The van der Waals surface area contributed by atoms with E-state index >= 15 is 0 Å². The lowest BCUT2D eigenvalue weighted by atomic mass is 9.88. The lowest BCUT2D eigenvalue weighted by molar-refractivity contribution is -0.0578. The minimum atomic E-state index is -0.528. The lowest BCUT2D eigenvalue weighted by Crippen LogP contribution is -2.54. The van der Waals surface area contributed by atoms with Crippen LogP contribution in [0.15, 0.2) is 12.1 Å². The van der Waals surface area contributed by atoms with Gasteiger partial charge in [0.25, 0.3) is 0 Å². The van der Waals surface area contributed by atoms with Crippen LogP contribution in [0.1, 0.15) is 5.56 Å². The van der Waals surface area contributed by atoms with Crippen LogP contribution in [0.4, 0.5) is 0 Å². The molecule has 2 rings (SSSR count). The van der Waals surface area contributed by atoms with Gasteiger partial charge in [-0.2, -0.15) is 0 Å². The molecule has 1 aliphatic heterocycles. The van der Waals surface area contributed by atoms with Crippen molar-refractivity contribution in [2.24, 2.45) is 5.73 Å². The van der Waals surface area contributed by atoms with Crippen LogP contribution in [0, 0.1) is 0 Å². The molecule has 0 radical (unpaired) electrons. The Balaban J connectivity index is 2.53. The smallest absolute Gasteiger partial charge is 0.142 e. The average molecular weight is 248 g/mol. The van der Waals surface area contributed by atoms with Gasteiger partial charge in [-0.1, -0.05) is 23.2 Å². The summed E-state index contributed by atoms with van der Waals surface area (Å²) < 4.78 is 10.3. The molecule has 1 aromatic carbocycles. The third-order valence-electron chi connectivity index (χ3n) is 2.47. The van der Waals surface area contributed by atoms with Gasteiger partial charge in [0, 0.05) is 10.6 Å². The predicted octanol–water partition coefficient (Wildman–Crippen LogP) is 2.19. The van der Waals surface area contributed by atoms with Crippen molar-refractivity contribution in [3.05, 3.63) is 27.7 Å². The molecule has 15 heavy (non-hydrogen) atoms. The molecular formula is C10H11Cl2NO2. The van der Waals surface area contributed by atoms with Gasteiger partial charge < -0.3 is 15.2 Å². The van der Waals surface area contributed by atoms with Crippen molar-refractivity contribution in [3.8, 4) is 5.75 Å². The number of halogens is 2. The number of hydrogen-bond donors (Lipinski definition) is 1. The molecule has 0 spiro atoms. The summed E-state index contributed by atoms with van der Waals surface area (Å²) in [5.74, 6) is 0.576. The first-order chi connectivity index (χ1) is 7.07. The number of nitrogens with two attached hydrogens (primary N) is 1. The van der Waals surface area contributed by atoms with Crippen molar-refractivity contribution >= 4 is 23.2 Å². The third-order valence-corrected chi connectivity index (χ3v) is 2.97. The van der Waals surface area contributed by atoms with E-state index in [9.17, 15) is 0 Å². The fourth-order valence-corrected chi connectivity index (χ4v) is 2.19. The second-order valence-electron chi connectivity index (χ2n) is 3.62. The zero-order valence-corrected chi connectivity index (χ0v) is 9.73. The van der Waals surface area contributed by atoms with Gasteiger partial charge >= 0.3 is 0 Å². The summed E-state index contributed by atoms with van der Waals surface area (Å²) in [5.41, 5.74) is 6.39. The van der Waals surface area contributed by atoms with Crippen molar-refractivity contribution < 1.29 is 9.47 Å². The first kappa shape index (κ1) is 11.0. The standard InChI is InChI=1S/C10H11Cl2NO2/c1-14-9-7(10(13)4-15-5-10)2-6(11)3-8(9)12/h2-3H,4-5,13H2,1H3. The summed E-state index contributed by atoms with van der Waals surface area (Å²) in [6, 6.07) is 3.41. The summed E-state index contributed by atoms with van der Waals surface area (Å²) in [6.07, 6.45) is 0. The van der Waals surface area contributed by atoms with Gasteiger partial charge in [-0.05, 0) is 12.1 Å². The zero-order chi connectivity index (χ0) is 11.1. The number of methoxy groups -OCH3 is 1. The van der Waals surface area contributed by atoms with E-state index in [4.69, 9.17) is 38.4 Å².